The summed E-state index contributed by atoms with van der Waals surface area (Å²) < 4.78 is 28.1. The summed E-state index contributed by atoms with van der Waals surface area (Å²) >= 11 is 1.17. The molecule has 1 atom stereocenters. The highest BCUT2D eigenvalue weighted by molar-refractivity contribution is 7.09. The maximum atomic E-state index is 13.6. The Balaban J connectivity index is 1.79. The first kappa shape index (κ1) is 15.9. The minimum Gasteiger partial charge on any atom is -0.322 e. The van der Waals surface area contributed by atoms with Crippen LogP contribution in [0.25, 0.3) is 0 Å². The highest BCUT2D eigenvalue weighted by Crippen LogP contribution is 2.27. The van der Waals surface area contributed by atoms with Gasteiger partial charge in [-0.2, -0.15) is 0 Å². The minimum atomic E-state index is -0.715. The second-order valence-electron chi connectivity index (χ2n) is 5.84. The van der Waals surface area contributed by atoms with E-state index < -0.39 is 17.5 Å². The molecule has 0 bridgehead atoms. The summed E-state index contributed by atoms with van der Waals surface area (Å²) in [7, 11) is 0. The molecule has 23 heavy (non-hydrogen) atoms. The number of nitrogens with zero attached hydrogens (tertiary/aromatic N) is 1. The highest BCUT2D eigenvalue weighted by atomic mass is 32.1. The zero-order valence-corrected chi connectivity index (χ0v) is 13.4. The number of anilines is 1. The Morgan fingerprint density at radius 1 is 1.43 bits per heavy atom. The smallest absolute Gasteiger partial charge is 0.308 e. The van der Waals surface area contributed by atoms with E-state index in [9.17, 15) is 18.4 Å². The second-order valence-corrected chi connectivity index (χ2v) is 6.89. The van der Waals surface area contributed by atoms with Crippen molar-refractivity contribution in [1.82, 2.24) is 4.57 Å². The summed E-state index contributed by atoms with van der Waals surface area (Å²) in [6, 6.07) is 2.84. The average Bonchev–Trinajstić information content (AvgIpc) is 2.78. The van der Waals surface area contributed by atoms with E-state index in [0.29, 0.717) is 5.92 Å². The molecule has 2 aromatic rings. The van der Waals surface area contributed by atoms with Crippen LogP contribution in [0.4, 0.5) is 14.5 Å². The molecular formula is C16H16F2N2O2S. The monoisotopic (exact) mass is 338 g/mol. The van der Waals surface area contributed by atoms with Crippen molar-refractivity contribution in [2.45, 2.75) is 32.7 Å². The number of thiazole rings is 1. The third kappa shape index (κ3) is 3.34. The van der Waals surface area contributed by atoms with Crippen molar-refractivity contribution in [2.75, 3.05) is 5.32 Å². The third-order valence-corrected chi connectivity index (χ3v) is 5.03. The van der Waals surface area contributed by atoms with Gasteiger partial charge in [-0.25, -0.2) is 8.78 Å². The topological polar surface area (TPSA) is 51.1 Å². The Labute approximate surface area is 135 Å². The van der Waals surface area contributed by atoms with Crippen molar-refractivity contribution in [3.8, 4) is 0 Å². The first-order valence-corrected chi connectivity index (χ1v) is 8.22. The van der Waals surface area contributed by atoms with E-state index in [1.807, 2.05) is 0 Å². The van der Waals surface area contributed by atoms with Crippen molar-refractivity contribution in [1.29, 1.82) is 0 Å². The highest BCUT2D eigenvalue weighted by Gasteiger charge is 2.23. The van der Waals surface area contributed by atoms with E-state index in [4.69, 9.17) is 0 Å². The standard InChI is InChI=1S/C16H16F2N2O2S/c1-9-2-5-13-14(6-9)23-16(22)20(13)8-15(21)19-12-7-10(17)3-4-11(12)18/h3-4,7,9H,2,5-6,8H2,1H3,(H,19,21). The molecular weight excluding hydrogens is 322 g/mol. The molecule has 3 rings (SSSR count). The molecule has 0 saturated heterocycles. The molecule has 1 amide bonds. The Morgan fingerprint density at radius 3 is 3.00 bits per heavy atom. The van der Waals surface area contributed by atoms with Crippen LogP contribution in [0.3, 0.4) is 0 Å². The van der Waals surface area contributed by atoms with Crippen LogP contribution in [0.1, 0.15) is 23.9 Å². The quantitative estimate of drug-likeness (QED) is 0.935. The number of fused-ring (bicyclic) bond motifs is 1. The summed E-state index contributed by atoms with van der Waals surface area (Å²) in [5, 5.41) is 2.32. The van der Waals surface area contributed by atoms with Crippen molar-refractivity contribution in [3.63, 3.8) is 0 Å². The third-order valence-electron chi connectivity index (χ3n) is 3.99. The van der Waals surface area contributed by atoms with Gasteiger partial charge in [-0.3, -0.25) is 14.2 Å². The van der Waals surface area contributed by atoms with Gasteiger partial charge in [0, 0.05) is 16.6 Å². The summed E-state index contributed by atoms with van der Waals surface area (Å²) in [6.07, 6.45) is 2.59. The van der Waals surface area contributed by atoms with Crippen LogP contribution >= 0.6 is 11.3 Å². The molecule has 1 aliphatic carbocycles. The summed E-state index contributed by atoms with van der Waals surface area (Å²) in [4.78, 5) is 25.0. The van der Waals surface area contributed by atoms with E-state index in [1.54, 1.807) is 0 Å². The SMILES string of the molecule is CC1CCc2c(sc(=O)n2CC(=O)Nc2cc(F)ccc2F)C1. The van der Waals surface area contributed by atoms with Crippen molar-refractivity contribution in [3.05, 3.63) is 50.1 Å². The van der Waals surface area contributed by atoms with Crippen molar-refractivity contribution >= 4 is 22.9 Å². The molecule has 1 aliphatic rings. The molecule has 0 fully saturated rings. The van der Waals surface area contributed by atoms with Crippen LogP contribution in [0.2, 0.25) is 0 Å². The summed E-state index contributed by atoms with van der Waals surface area (Å²) in [6.45, 7) is 1.95. The molecule has 1 aromatic heterocycles. The summed E-state index contributed by atoms with van der Waals surface area (Å²) in [5.41, 5.74) is 0.675. The Kier molecular flexibility index (Phi) is 4.30. The van der Waals surface area contributed by atoms with Crippen LogP contribution in [0.5, 0.6) is 0 Å². The maximum absolute atomic E-state index is 13.6. The van der Waals surface area contributed by atoms with Gasteiger partial charge < -0.3 is 5.32 Å². The molecule has 1 aromatic carbocycles. The van der Waals surface area contributed by atoms with Crippen LogP contribution in [-0.2, 0) is 24.2 Å². The van der Waals surface area contributed by atoms with Crippen LogP contribution in [-0.4, -0.2) is 10.5 Å². The number of nitrogens with one attached hydrogen (secondary N) is 1. The number of rotatable bonds is 3. The number of amides is 1. The van der Waals surface area contributed by atoms with Gasteiger partial charge in [-0.15, -0.1) is 0 Å². The second kappa shape index (κ2) is 6.23. The molecule has 0 saturated carbocycles. The lowest BCUT2D eigenvalue weighted by Gasteiger charge is -2.19. The van der Waals surface area contributed by atoms with Crippen LogP contribution < -0.4 is 10.2 Å². The van der Waals surface area contributed by atoms with Gasteiger partial charge in [0.2, 0.25) is 5.91 Å². The summed E-state index contributed by atoms with van der Waals surface area (Å²) in [5.74, 6) is -1.37. The normalized spacial score (nSPS) is 16.9. The van der Waals surface area contributed by atoms with Gasteiger partial charge in [0.25, 0.3) is 0 Å². The predicted molar refractivity (Wildman–Crippen MR) is 84.8 cm³/mol. The average molecular weight is 338 g/mol. The van der Waals surface area contributed by atoms with E-state index in [1.165, 1.54) is 15.9 Å². The molecule has 7 heteroatoms. The van der Waals surface area contributed by atoms with Gasteiger partial charge in [-0.1, -0.05) is 18.3 Å². The fraction of sp³-hybridized carbons (Fsp3) is 0.375. The number of benzene rings is 1. The largest absolute Gasteiger partial charge is 0.322 e. The lowest BCUT2D eigenvalue weighted by Crippen LogP contribution is -2.27. The fourth-order valence-electron chi connectivity index (χ4n) is 2.80. The van der Waals surface area contributed by atoms with Gasteiger partial charge in [0.1, 0.15) is 18.2 Å². The molecule has 1 N–H and O–H groups in total. The van der Waals surface area contributed by atoms with E-state index >= 15 is 0 Å². The molecule has 0 aliphatic heterocycles. The van der Waals surface area contributed by atoms with Gasteiger partial charge >= 0.3 is 4.87 Å². The van der Waals surface area contributed by atoms with E-state index in [0.717, 1.165) is 48.0 Å². The number of carbonyl (C=O) groups is 1. The first-order valence-electron chi connectivity index (χ1n) is 7.40. The number of carbonyl (C=O) groups excluding carboxylic acids is 1. The Bertz CT molecular complexity index is 813. The van der Waals surface area contributed by atoms with Crippen molar-refractivity contribution in [2.24, 2.45) is 5.92 Å². The Hall–Kier alpha value is -2.02. The van der Waals surface area contributed by atoms with E-state index in [-0.39, 0.29) is 17.1 Å². The van der Waals surface area contributed by atoms with Crippen LogP contribution in [0, 0.1) is 17.6 Å². The van der Waals surface area contributed by atoms with Gasteiger partial charge in [0.15, 0.2) is 0 Å². The van der Waals surface area contributed by atoms with Crippen molar-refractivity contribution < 1.29 is 13.6 Å². The number of hydrogen-bond acceptors (Lipinski definition) is 3. The molecule has 4 nitrogen and oxygen atoms in total. The fourth-order valence-corrected chi connectivity index (χ4v) is 4.00. The van der Waals surface area contributed by atoms with Gasteiger partial charge in [0.05, 0.1) is 5.69 Å². The van der Waals surface area contributed by atoms with Gasteiger partial charge in [-0.05, 0) is 37.3 Å². The van der Waals surface area contributed by atoms with Crippen LogP contribution in [0.15, 0.2) is 23.0 Å². The number of halogens is 2. The molecule has 1 heterocycles. The first-order chi connectivity index (χ1) is 10.9. The zero-order valence-electron chi connectivity index (χ0n) is 12.6. The lowest BCUT2D eigenvalue weighted by molar-refractivity contribution is -0.116. The Morgan fingerprint density at radius 2 is 2.22 bits per heavy atom. The molecule has 122 valence electrons. The van der Waals surface area contributed by atoms with E-state index in [2.05, 4.69) is 12.2 Å². The molecule has 1 unspecified atom stereocenters. The number of hydrogen-bond donors (Lipinski definition) is 1. The predicted octanol–water partition coefficient (Wildman–Crippen LogP) is 2.95. The number of aromatic nitrogens is 1. The molecule has 0 radical (unpaired) electrons. The maximum Gasteiger partial charge on any atom is 0.308 e. The zero-order chi connectivity index (χ0) is 16.6. The minimum absolute atomic E-state index is 0.182. The molecule has 0 spiro atoms. The lowest BCUT2D eigenvalue weighted by atomic mass is 9.93.